The van der Waals surface area contributed by atoms with Gasteiger partial charge in [-0.05, 0) is 30.3 Å². The molecule has 33 heavy (non-hydrogen) atoms. The van der Waals surface area contributed by atoms with Gasteiger partial charge in [-0.25, -0.2) is 9.67 Å². The number of nitrogens with zero attached hydrogens (tertiary/aromatic N) is 4. The molecule has 3 aromatic carbocycles. The van der Waals surface area contributed by atoms with Gasteiger partial charge in [-0.2, -0.15) is 10.4 Å². The molecule has 6 heteroatoms. The lowest BCUT2D eigenvalue weighted by Gasteiger charge is -2.00. The number of allylic oxidation sites excluding steroid dienone is 1. The number of aromatic nitrogens is 3. The maximum absolute atomic E-state index is 9.95. The summed E-state index contributed by atoms with van der Waals surface area (Å²) in [6.45, 7) is 0. The van der Waals surface area contributed by atoms with Crippen LogP contribution in [0.5, 0.6) is 0 Å². The molecule has 0 saturated carbocycles. The Morgan fingerprint density at radius 1 is 0.909 bits per heavy atom. The number of nitriles is 1. The van der Waals surface area contributed by atoms with E-state index in [0.717, 1.165) is 33.8 Å². The van der Waals surface area contributed by atoms with Gasteiger partial charge < -0.3 is 0 Å². The summed E-state index contributed by atoms with van der Waals surface area (Å²) >= 11 is 7.44. The van der Waals surface area contributed by atoms with Crippen molar-refractivity contribution in [2.24, 2.45) is 0 Å². The van der Waals surface area contributed by atoms with Crippen molar-refractivity contribution in [3.8, 4) is 34.3 Å². The van der Waals surface area contributed by atoms with E-state index in [0.29, 0.717) is 15.6 Å². The predicted octanol–water partition coefficient (Wildman–Crippen LogP) is 7.38. The number of hydrogen-bond acceptors (Lipinski definition) is 4. The molecule has 0 amide bonds. The molecule has 0 aliphatic carbocycles. The van der Waals surface area contributed by atoms with Gasteiger partial charge in [0.1, 0.15) is 11.1 Å². The van der Waals surface area contributed by atoms with E-state index in [1.807, 2.05) is 107 Å². The Morgan fingerprint density at radius 3 is 2.30 bits per heavy atom. The molecule has 0 aliphatic heterocycles. The zero-order valence-corrected chi connectivity index (χ0v) is 19.0. The average molecular weight is 465 g/mol. The number of halogens is 1. The highest BCUT2D eigenvalue weighted by molar-refractivity contribution is 7.11. The zero-order chi connectivity index (χ0) is 22.6. The van der Waals surface area contributed by atoms with Crippen LogP contribution < -0.4 is 0 Å². The first-order valence-corrected chi connectivity index (χ1v) is 11.5. The summed E-state index contributed by atoms with van der Waals surface area (Å²) in [4.78, 5) is 4.70. The molecule has 0 atom stereocenters. The lowest BCUT2D eigenvalue weighted by Crippen LogP contribution is -1.93. The van der Waals surface area contributed by atoms with Crippen molar-refractivity contribution < 1.29 is 0 Å². The Bertz CT molecular complexity index is 1460. The van der Waals surface area contributed by atoms with Gasteiger partial charge >= 0.3 is 0 Å². The highest BCUT2D eigenvalue weighted by atomic mass is 35.5. The van der Waals surface area contributed by atoms with E-state index < -0.39 is 0 Å². The summed E-state index contributed by atoms with van der Waals surface area (Å²) in [7, 11) is 0. The van der Waals surface area contributed by atoms with Crippen LogP contribution in [0.15, 0.2) is 96.5 Å². The van der Waals surface area contributed by atoms with E-state index in [2.05, 4.69) is 6.07 Å². The largest absolute Gasteiger partial charge is 0.240 e. The molecule has 0 spiro atoms. The predicted molar refractivity (Wildman–Crippen MR) is 135 cm³/mol. The third-order valence-electron chi connectivity index (χ3n) is 5.11. The molecule has 0 bridgehead atoms. The van der Waals surface area contributed by atoms with Crippen LogP contribution in [0.4, 0.5) is 0 Å². The van der Waals surface area contributed by atoms with Gasteiger partial charge in [0.2, 0.25) is 0 Å². The van der Waals surface area contributed by atoms with Crippen LogP contribution in [0.3, 0.4) is 0 Å². The lowest BCUT2D eigenvalue weighted by atomic mass is 10.1. The summed E-state index contributed by atoms with van der Waals surface area (Å²) < 4.78 is 1.84. The molecule has 4 nitrogen and oxygen atoms in total. The molecular weight excluding hydrogens is 448 g/mol. The van der Waals surface area contributed by atoms with Gasteiger partial charge in [-0.15, -0.1) is 11.3 Å². The minimum absolute atomic E-state index is 0.491. The fraction of sp³-hybridized carbons (Fsp3) is 0. The molecule has 5 aromatic rings. The first-order valence-electron chi connectivity index (χ1n) is 10.3. The van der Waals surface area contributed by atoms with Crippen LogP contribution >= 0.6 is 22.9 Å². The minimum Gasteiger partial charge on any atom is -0.240 e. The third-order valence-corrected chi connectivity index (χ3v) is 6.23. The second-order valence-electron chi connectivity index (χ2n) is 7.29. The van der Waals surface area contributed by atoms with Crippen molar-refractivity contribution in [1.29, 1.82) is 5.26 Å². The molecular formula is C27H17ClN4S. The summed E-state index contributed by atoms with van der Waals surface area (Å²) in [5.41, 5.74) is 5.86. The summed E-state index contributed by atoms with van der Waals surface area (Å²) in [6, 6.07) is 29.7. The van der Waals surface area contributed by atoms with Gasteiger partial charge in [-0.1, -0.05) is 72.3 Å². The smallest absolute Gasteiger partial charge is 0.134 e. The van der Waals surface area contributed by atoms with Crippen molar-refractivity contribution in [2.45, 2.75) is 0 Å². The van der Waals surface area contributed by atoms with Crippen LogP contribution in [0.1, 0.15) is 10.6 Å². The molecule has 0 aliphatic rings. The molecule has 0 radical (unpaired) electrons. The van der Waals surface area contributed by atoms with Crippen molar-refractivity contribution in [2.75, 3.05) is 0 Å². The Balaban J connectivity index is 1.58. The lowest BCUT2D eigenvalue weighted by molar-refractivity contribution is 0.884. The Morgan fingerprint density at radius 2 is 1.61 bits per heavy atom. The van der Waals surface area contributed by atoms with Crippen molar-refractivity contribution >= 4 is 34.6 Å². The second kappa shape index (κ2) is 9.25. The quantitative estimate of drug-likeness (QED) is 0.255. The van der Waals surface area contributed by atoms with E-state index in [9.17, 15) is 5.26 Å². The van der Waals surface area contributed by atoms with Crippen molar-refractivity contribution in [3.63, 3.8) is 0 Å². The van der Waals surface area contributed by atoms with E-state index in [1.54, 1.807) is 0 Å². The van der Waals surface area contributed by atoms with Gasteiger partial charge in [0.15, 0.2) is 0 Å². The topological polar surface area (TPSA) is 54.5 Å². The van der Waals surface area contributed by atoms with Crippen molar-refractivity contribution in [3.05, 3.63) is 112 Å². The highest BCUT2D eigenvalue weighted by Crippen LogP contribution is 2.31. The van der Waals surface area contributed by atoms with E-state index in [4.69, 9.17) is 21.7 Å². The number of hydrogen-bond donors (Lipinski definition) is 0. The van der Waals surface area contributed by atoms with Crippen LogP contribution in [0.2, 0.25) is 5.02 Å². The molecule has 158 valence electrons. The first kappa shape index (κ1) is 20.9. The maximum Gasteiger partial charge on any atom is 0.134 e. The Labute approximate surface area is 200 Å². The second-order valence-corrected chi connectivity index (χ2v) is 8.59. The van der Waals surface area contributed by atoms with Crippen molar-refractivity contribution in [1.82, 2.24) is 14.8 Å². The van der Waals surface area contributed by atoms with Gasteiger partial charge in [0.25, 0.3) is 0 Å². The first-order chi connectivity index (χ1) is 16.2. The molecule has 0 unspecified atom stereocenters. The number of benzene rings is 3. The Kier molecular flexibility index (Phi) is 5.86. The van der Waals surface area contributed by atoms with Crippen LogP contribution in [0, 0.1) is 11.3 Å². The normalized spacial score (nSPS) is 11.3. The van der Waals surface area contributed by atoms with Gasteiger partial charge in [0.05, 0.1) is 22.6 Å². The summed E-state index contributed by atoms with van der Waals surface area (Å²) in [5, 5.41) is 18.1. The molecule has 2 heterocycles. The standard InChI is InChI=1S/C27H17ClN4S/c28-23-13-11-19(12-14-23)25-18-33-27(30-25)21(16-29)15-22-17-32(24-9-5-2-6-10-24)31-26(22)20-7-3-1-4-8-20/h1-15,17-18H/b21-15+. The van der Waals surface area contributed by atoms with Crippen LogP contribution in [0.25, 0.3) is 39.9 Å². The molecule has 0 saturated heterocycles. The SMILES string of the molecule is N#C/C(=C\c1cn(-c2ccccc2)nc1-c1ccccc1)c1nc(-c2ccc(Cl)cc2)cs1. The summed E-state index contributed by atoms with van der Waals surface area (Å²) in [6.07, 6.45) is 3.81. The highest BCUT2D eigenvalue weighted by Gasteiger charge is 2.14. The molecule has 5 rings (SSSR count). The number of para-hydroxylation sites is 1. The maximum atomic E-state index is 9.95. The third kappa shape index (κ3) is 4.49. The average Bonchev–Trinajstić information content (AvgIpc) is 3.52. The monoisotopic (exact) mass is 464 g/mol. The fourth-order valence-electron chi connectivity index (χ4n) is 3.47. The number of rotatable bonds is 5. The molecule has 0 fully saturated rings. The minimum atomic E-state index is 0.491. The Hall–Kier alpha value is -3.98. The summed E-state index contributed by atoms with van der Waals surface area (Å²) in [5.74, 6) is 0. The fourth-order valence-corrected chi connectivity index (χ4v) is 4.39. The van der Waals surface area contributed by atoms with E-state index in [1.165, 1.54) is 11.3 Å². The van der Waals surface area contributed by atoms with Gasteiger partial charge in [0, 0.05) is 33.3 Å². The molecule has 0 N–H and O–H groups in total. The molecule has 2 aromatic heterocycles. The van der Waals surface area contributed by atoms with Crippen LogP contribution in [-0.4, -0.2) is 14.8 Å². The zero-order valence-electron chi connectivity index (χ0n) is 17.4. The van der Waals surface area contributed by atoms with Gasteiger partial charge in [-0.3, -0.25) is 0 Å². The van der Waals surface area contributed by atoms with E-state index in [-0.39, 0.29) is 0 Å². The van der Waals surface area contributed by atoms with Crippen LogP contribution in [-0.2, 0) is 0 Å². The number of thiazole rings is 1. The van der Waals surface area contributed by atoms with E-state index >= 15 is 0 Å².